The molecule has 4 saturated carbocycles. The van der Waals surface area contributed by atoms with Crippen molar-refractivity contribution in [2.75, 3.05) is 26.3 Å². The van der Waals surface area contributed by atoms with E-state index in [1.165, 1.54) is 36.0 Å². The summed E-state index contributed by atoms with van der Waals surface area (Å²) in [6.45, 7) is 7.39. The number of hydrogen-bond donors (Lipinski definition) is 0. The predicted octanol–water partition coefficient (Wildman–Crippen LogP) is 4.51. The van der Waals surface area contributed by atoms with Crippen LogP contribution in [0.4, 0.5) is 0 Å². The van der Waals surface area contributed by atoms with Gasteiger partial charge in [0.2, 0.25) is 5.91 Å². The first kappa shape index (κ1) is 19.3. The second-order valence-corrected chi connectivity index (χ2v) is 11.2. The molecule has 4 heteroatoms. The molecule has 2 unspecified atom stereocenters. The molecule has 0 radical (unpaired) electrons. The molecule has 162 valence electrons. The summed E-state index contributed by atoms with van der Waals surface area (Å²) in [7, 11) is 0. The zero-order valence-corrected chi connectivity index (χ0v) is 18.5. The van der Waals surface area contributed by atoms with Crippen LogP contribution in [0.3, 0.4) is 0 Å². The van der Waals surface area contributed by atoms with Gasteiger partial charge in [0.1, 0.15) is 0 Å². The Morgan fingerprint density at radius 3 is 2.27 bits per heavy atom. The molecule has 30 heavy (non-hydrogen) atoms. The SMILES string of the molecule is Cc1ccc(C23CC4CC(CC(C(=O)N5CCC6(CC5)OCCO6)(C4)C2)C3)cc1C. The molecule has 1 aromatic carbocycles. The van der Waals surface area contributed by atoms with Crippen molar-refractivity contribution in [2.24, 2.45) is 17.3 Å². The van der Waals surface area contributed by atoms with Gasteiger partial charge in [-0.1, -0.05) is 18.2 Å². The van der Waals surface area contributed by atoms with Crippen LogP contribution in [0.2, 0.25) is 0 Å². The van der Waals surface area contributed by atoms with E-state index in [9.17, 15) is 4.79 Å². The lowest BCUT2D eigenvalue weighted by molar-refractivity contribution is -0.194. The molecule has 2 heterocycles. The van der Waals surface area contributed by atoms with Gasteiger partial charge in [0.15, 0.2) is 5.79 Å². The first-order valence-corrected chi connectivity index (χ1v) is 12.1. The first-order chi connectivity index (χ1) is 14.4. The molecular formula is C26H35NO3. The Hall–Kier alpha value is -1.39. The number of hydrogen-bond acceptors (Lipinski definition) is 3. The molecule has 1 spiro atoms. The molecule has 2 atom stereocenters. The fraction of sp³-hybridized carbons (Fsp3) is 0.731. The highest BCUT2D eigenvalue weighted by Gasteiger charge is 2.62. The molecule has 6 aliphatic rings. The lowest BCUT2D eigenvalue weighted by Crippen LogP contribution is -2.61. The van der Waals surface area contributed by atoms with Crippen LogP contribution in [0.15, 0.2) is 18.2 Å². The fourth-order valence-electron chi connectivity index (χ4n) is 8.09. The van der Waals surface area contributed by atoms with E-state index in [-0.39, 0.29) is 10.8 Å². The standard InChI is InChI=1S/C26H35NO3/c1-18-3-4-22(11-19(18)2)24-13-20-12-21(14-24)16-25(15-20,17-24)23(28)27-7-5-26(6-8-27)29-9-10-30-26/h3-4,11,20-21H,5-10,12-17H2,1-2H3. The molecule has 4 nitrogen and oxygen atoms in total. The van der Waals surface area contributed by atoms with Gasteiger partial charge in [-0.15, -0.1) is 0 Å². The molecule has 4 aliphatic carbocycles. The highest BCUT2D eigenvalue weighted by molar-refractivity contribution is 5.84. The van der Waals surface area contributed by atoms with Crippen molar-refractivity contribution < 1.29 is 14.3 Å². The third kappa shape index (κ3) is 2.82. The van der Waals surface area contributed by atoms with Gasteiger partial charge in [-0.2, -0.15) is 0 Å². The maximum absolute atomic E-state index is 14.0. The van der Waals surface area contributed by atoms with Crippen LogP contribution in [-0.4, -0.2) is 42.9 Å². The smallest absolute Gasteiger partial charge is 0.228 e. The number of ether oxygens (including phenoxy) is 2. The normalized spacial score (nSPS) is 39.1. The van der Waals surface area contributed by atoms with Gasteiger partial charge >= 0.3 is 0 Å². The van der Waals surface area contributed by atoms with Crippen molar-refractivity contribution in [1.29, 1.82) is 0 Å². The van der Waals surface area contributed by atoms with Crippen LogP contribution in [0.1, 0.15) is 68.1 Å². The highest BCUT2D eigenvalue weighted by atomic mass is 16.7. The summed E-state index contributed by atoms with van der Waals surface area (Å²) in [6.07, 6.45) is 8.84. The predicted molar refractivity (Wildman–Crippen MR) is 115 cm³/mol. The molecular weight excluding hydrogens is 374 g/mol. The third-order valence-electron chi connectivity index (χ3n) is 9.26. The number of rotatable bonds is 2. The van der Waals surface area contributed by atoms with Crippen molar-refractivity contribution in [2.45, 2.75) is 76.4 Å². The third-order valence-corrected chi connectivity index (χ3v) is 9.26. The van der Waals surface area contributed by atoms with Gasteiger partial charge < -0.3 is 14.4 Å². The van der Waals surface area contributed by atoms with Crippen LogP contribution < -0.4 is 0 Å². The maximum atomic E-state index is 14.0. The van der Waals surface area contributed by atoms with Crippen molar-refractivity contribution in [1.82, 2.24) is 4.90 Å². The number of amides is 1. The first-order valence-electron chi connectivity index (χ1n) is 12.1. The summed E-state index contributed by atoms with van der Waals surface area (Å²) in [5, 5.41) is 0. The minimum atomic E-state index is -0.404. The number of nitrogens with zero attached hydrogens (tertiary/aromatic N) is 1. The van der Waals surface area contributed by atoms with Gasteiger partial charge in [0.05, 0.1) is 18.6 Å². The quantitative estimate of drug-likeness (QED) is 0.722. The number of likely N-dealkylation sites (tertiary alicyclic amines) is 1. The Balaban J connectivity index is 1.28. The monoisotopic (exact) mass is 409 g/mol. The fourth-order valence-corrected chi connectivity index (χ4v) is 8.09. The molecule has 1 aromatic rings. The van der Waals surface area contributed by atoms with E-state index in [0.717, 1.165) is 57.0 Å². The van der Waals surface area contributed by atoms with Crippen molar-refractivity contribution in [3.05, 3.63) is 34.9 Å². The van der Waals surface area contributed by atoms with E-state index in [4.69, 9.17) is 9.47 Å². The topological polar surface area (TPSA) is 38.8 Å². The summed E-state index contributed by atoms with van der Waals surface area (Å²) >= 11 is 0. The average molecular weight is 410 g/mol. The molecule has 0 N–H and O–H groups in total. The summed E-state index contributed by atoms with van der Waals surface area (Å²) in [4.78, 5) is 16.2. The lowest BCUT2D eigenvalue weighted by Gasteiger charge is -2.62. The molecule has 1 amide bonds. The van der Waals surface area contributed by atoms with Crippen molar-refractivity contribution >= 4 is 5.91 Å². The second kappa shape index (κ2) is 6.56. The number of carbonyl (C=O) groups is 1. The number of piperidine rings is 1. The molecule has 2 aliphatic heterocycles. The number of aryl methyl sites for hydroxylation is 2. The van der Waals surface area contributed by atoms with Crippen LogP contribution in [-0.2, 0) is 19.7 Å². The zero-order valence-electron chi connectivity index (χ0n) is 18.5. The van der Waals surface area contributed by atoms with E-state index in [0.29, 0.717) is 19.1 Å². The molecule has 7 rings (SSSR count). The Bertz CT molecular complexity index is 847. The van der Waals surface area contributed by atoms with Crippen molar-refractivity contribution in [3.8, 4) is 0 Å². The summed E-state index contributed by atoms with van der Waals surface area (Å²) in [5.74, 6) is 1.47. The Morgan fingerprint density at radius 1 is 0.967 bits per heavy atom. The summed E-state index contributed by atoms with van der Waals surface area (Å²) < 4.78 is 11.8. The minimum absolute atomic E-state index is 0.134. The van der Waals surface area contributed by atoms with E-state index < -0.39 is 5.79 Å². The van der Waals surface area contributed by atoms with Gasteiger partial charge in [-0.05, 0) is 86.3 Å². The molecule has 2 saturated heterocycles. The van der Waals surface area contributed by atoms with Crippen molar-refractivity contribution in [3.63, 3.8) is 0 Å². The van der Waals surface area contributed by atoms with E-state index >= 15 is 0 Å². The Kier molecular flexibility index (Phi) is 4.22. The highest BCUT2D eigenvalue weighted by Crippen LogP contribution is 2.66. The maximum Gasteiger partial charge on any atom is 0.228 e. The van der Waals surface area contributed by atoms with E-state index in [1.807, 2.05) is 0 Å². The largest absolute Gasteiger partial charge is 0.347 e. The van der Waals surface area contributed by atoms with Crippen LogP contribution in [0.25, 0.3) is 0 Å². The Morgan fingerprint density at radius 2 is 1.63 bits per heavy atom. The summed E-state index contributed by atoms with van der Waals surface area (Å²) in [6, 6.07) is 7.09. The number of carbonyl (C=O) groups excluding carboxylic acids is 1. The van der Waals surface area contributed by atoms with Crippen LogP contribution in [0.5, 0.6) is 0 Å². The van der Waals surface area contributed by atoms with Gasteiger partial charge in [-0.3, -0.25) is 4.79 Å². The van der Waals surface area contributed by atoms with Gasteiger partial charge in [0.25, 0.3) is 0 Å². The zero-order chi connectivity index (χ0) is 20.6. The van der Waals surface area contributed by atoms with E-state index in [1.54, 1.807) is 0 Å². The minimum Gasteiger partial charge on any atom is -0.347 e. The van der Waals surface area contributed by atoms with Crippen LogP contribution in [0, 0.1) is 31.1 Å². The van der Waals surface area contributed by atoms with Crippen LogP contribution >= 0.6 is 0 Å². The van der Waals surface area contributed by atoms with Gasteiger partial charge in [-0.25, -0.2) is 0 Å². The lowest BCUT2D eigenvalue weighted by atomic mass is 9.42. The summed E-state index contributed by atoms with van der Waals surface area (Å²) in [5.41, 5.74) is 4.34. The average Bonchev–Trinajstić information content (AvgIpc) is 3.17. The van der Waals surface area contributed by atoms with E-state index in [2.05, 4.69) is 36.9 Å². The second-order valence-electron chi connectivity index (χ2n) is 11.2. The number of benzene rings is 1. The van der Waals surface area contributed by atoms with Gasteiger partial charge in [0, 0.05) is 25.9 Å². The Labute approximate surface area is 180 Å². The molecule has 0 aromatic heterocycles. The molecule has 6 fully saturated rings. The molecule has 4 bridgehead atoms.